The van der Waals surface area contributed by atoms with Crippen molar-refractivity contribution in [3.8, 4) is 11.5 Å². The van der Waals surface area contributed by atoms with Crippen molar-refractivity contribution in [3.63, 3.8) is 0 Å². The maximum Gasteiger partial charge on any atom is 0.339 e. The predicted molar refractivity (Wildman–Crippen MR) is 104 cm³/mol. The normalized spacial score (nSPS) is 11.4. The van der Waals surface area contributed by atoms with Gasteiger partial charge < -0.3 is 19.5 Å². The molecule has 2 rings (SSSR count). The molecule has 1 N–H and O–H groups in total. The van der Waals surface area contributed by atoms with Gasteiger partial charge in [0, 0.05) is 5.69 Å². The Bertz CT molecular complexity index is 837. The summed E-state index contributed by atoms with van der Waals surface area (Å²) in [6, 6.07) is 10.2. The summed E-state index contributed by atoms with van der Waals surface area (Å²) in [5.41, 5.74) is 1.80. The Hall–Kier alpha value is -2.73. The van der Waals surface area contributed by atoms with Crippen LogP contribution in [0.5, 0.6) is 11.5 Å². The van der Waals surface area contributed by atoms with Gasteiger partial charge in [-0.25, -0.2) is 4.79 Å². The van der Waals surface area contributed by atoms with Crippen molar-refractivity contribution < 1.29 is 23.8 Å². The lowest BCUT2D eigenvalue weighted by Gasteiger charge is -2.16. The highest BCUT2D eigenvalue weighted by molar-refractivity contribution is 6.32. The van der Waals surface area contributed by atoms with Crippen LogP contribution in [0.3, 0.4) is 0 Å². The molecule has 0 aliphatic heterocycles. The van der Waals surface area contributed by atoms with E-state index in [0.717, 1.165) is 5.56 Å². The zero-order valence-corrected chi connectivity index (χ0v) is 16.4. The lowest BCUT2D eigenvalue weighted by atomic mass is 10.2. The van der Waals surface area contributed by atoms with Gasteiger partial charge in [0.05, 0.1) is 24.3 Å². The number of anilines is 1. The smallest absolute Gasteiger partial charge is 0.339 e. The van der Waals surface area contributed by atoms with Gasteiger partial charge in [0.15, 0.2) is 17.6 Å². The molecule has 0 aliphatic rings. The molecule has 0 bridgehead atoms. The summed E-state index contributed by atoms with van der Waals surface area (Å²) < 4.78 is 15.9. The Balaban J connectivity index is 2.09. The first-order valence-electron chi connectivity index (χ1n) is 8.44. The zero-order valence-electron chi connectivity index (χ0n) is 15.7. The van der Waals surface area contributed by atoms with Gasteiger partial charge in [-0.2, -0.15) is 0 Å². The van der Waals surface area contributed by atoms with Gasteiger partial charge >= 0.3 is 5.97 Å². The molecule has 0 radical (unpaired) electrons. The van der Waals surface area contributed by atoms with Crippen LogP contribution in [0.15, 0.2) is 36.4 Å². The molecule has 0 saturated heterocycles. The summed E-state index contributed by atoms with van der Waals surface area (Å²) in [5, 5.41) is 2.93. The molecule has 2 aromatic rings. The predicted octanol–water partition coefficient (Wildman–Crippen LogP) is 4.24. The van der Waals surface area contributed by atoms with Crippen molar-refractivity contribution in [1.82, 2.24) is 0 Å². The van der Waals surface area contributed by atoms with E-state index in [1.54, 1.807) is 6.07 Å². The molecule has 2 aromatic carbocycles. The molecule has 1 atom stereocenters. The molecule has 6 nitrogen and oxygen atoms in total. The number of halogens is 1. The maximum atomic E-state index is 12.4. The minimum absolute atomic E-state index is 0.163. The van der Waals surface area contributed by atoms with Gasteiger partial charge in [-0.05, 0) is 50.6 Å². The fourth-order valence-corrected chi connectivity index (χ4v) is 2.64. The first kappa shape index (κ1) is 20.6. The second-order valence-electron chi connectivity index (χ2n) is 5.83. The van der Waals surface area contributed by atoms with E-state index in [1.165, 1.54) is 26.2 Å². The molecule has 7 heteroatoms. The number of aryl methyl sites for hydroxylation is 1. The van der Waals surface area contributed by atoms with Crippen molar-refractivity contribution in [1.29, 1.82) is 0 Å². The second-order valence-corrected chi connectivity index (χ2v) is 6.24. The zero-order chi connectivity index (χ0) is 20.0. The van der Waals surface area contributed by atoms with E-state index in [-0.39, 0.29) is 10.6 Å². The number of carbonyl (C=O) groups is 2. The van der Waals surface area contributed by atoms with Crippen LogP contribution in [0.4, 0.5) is 5.69 Å². The summed E-state index contributed by atoms with van der Waals surface area (Å²) in [7, 11) is 1.45. The number of benzene rings is 2. The molecule has 0 unspecified atom stereocenters. The Morgan fingerprint density at radius 1 is 1.22 bits per heavy atom. The second kappa shape index (κ2) is 9.28. The number of rotatable bonds is 7. The van der Waals surface area contributed by atoms with Gasteiger partial charge in [0.1, 0.15) is 0 Å². The molecule has 0 saturated carbocycles. The molecule has 1 amide bonds. The molecule has 0 heterocycles. The number of carbonyl (C=O) groups excluding carboxylic acids is 2. The molecular formula is C20H22ClNO5. The van der Waals surface area contributed by atoms with Crippen LogP contribution in [0.1, 0.15) is 29.8 Å². The lowest BCUT2D eigenvalue weighted by Crippen LogP contribution is -2.30. The quantitative estimate of drug-likeness (QED) is 0.714. The molecular weight excluding hydrogens is 370 g/mol. The van der Waals surface area contributed by atoms with Crippen molar-refractivity contribution in [3.05, 3.63) is 52.5 Å². The third-order valence-corrected chi connectivity index (χ3v) is 3.97. The average Bonchev–Trinajstić information content (AvgIpc) is 2.63. The van der Waals surface area contributed by atoms with Gasteiger partial charge in [0.25, 0.3) is 5.91 Å². The van der Waals surface area contributed by atoms with Crippen LogP contribution >= 0.6 is 11.6 Å². The SMILES string of the molecule is CCOc1c(Cl)cc(C(=O)O[C@H](C)C(=O)Nc2cccc(C)c2)cc1OC. The molecule has 0 aliphatic carbocycles. The number of amides is 1. The largest absolute Gasteiger partial charge is 0.493 e. The van der Waals surface area contributed by atoms with Crippen LogP contribution in [0, 0.1) is 6.92 Å². The van der Waals surface area contributed by atoms with Crippen molar-refractivity contribution in [2.45, 2.75) is 26.9 Å². The summed E-state index contributed by atoms with van der Waals surface area (Å²) in [4.78, 5) is 24.7. The minimum Gasteiger partial charge on any atom is -0.493 e. The van der Waals surface area contributed by atoms with E-state index < -0.39 is 18.0 Å². The number of nitrogens with one attached hydrogen (secondary N) is 1. The topological polar surface area (TPSA) is 73.9 Å². The molecule has 144 valence electrons. The standard InChI is InChI=1S/C20H22ClNO5/c1-5-26-18-16(21)10-14(11-17(18)25-4)20(24)27-13(3)19(23)22-15-8-6-7-12(2)9-15/h6-11,13H,5H2,1-4H3,(H,22,23)/t13-/m1/s1. The van der Waals surface area contributed by atoms with Crippen LogP contribution in [0.2, 0.25) is 5.02 Å². The van der Waals surface area contributed by atoms with E-state index in [4.69, 9.17) is 25.8 Å². The Morgan fingerprint density at radius 2 is 1.96 bits per heavy atom. The first-order chi connectivity index (χ1) is 12.8. The first-order valence-corrected chi connectivity index (χ1v) is 8.82. The summed E-state index contributed by atoms with van der Waals surface area (Å²) >= 11 is 6.17. The highest BCUT2D eigenvalue weighted by atomic mass is 35.5. The molecule has 0 spiro atoms. The van der Waals surface area contributed by atoms with E-state index in [0.29, 0.717) is 23.8 Å². The fraction of sp³-hybridized carbons (Fsp3) is 0.300. The van der Waals surface area contributed by atoms with Gasteiger partial charge in [-0.15, -0.1) is 0 Å². The van der Waals surface area contributed by atoms with Crippen molar-refractivity contribution in [2.75, 3.05) is 19.0 Å². The summed E-state index contributed by atoms with van der Waals surface area (Å²) in [5.74, 6) is -0.459. The summed E-state index contributed by atoms with van der Waals surface area (Å²) in [6.45, 7) is 5.63. The van der Waals surface area contributed by atoms with Crippen LogP contribution < -0.4 is 14.8 Å². The Labute approximate surface area is 163 Å². The summed E-state index contributed by atoms with van der Waals surface area (Å²) in [6.07, 6.45) is -0.991. The fourth-order valence-electron chi connectivity index (χ4n) is 2.37. The van der Waals surface area contributed by atoms with Crippen molar-refractivity contribution >= 4 is 29.2 Å². The Kier molecular flexibility index (Phi) is 7.07. The highest BCUT2D eigenvalue weighted by Crippen LogP contribution is 2.36. The third-order valence-electron chi connectivity index (χ3n) is 3.69. The minimum atomic E-state index is -0.991. The monoisotopic (exact) mass is 391 g/mol. The molecule has 0 aromatic heterocycles. The molecule has 0 fully saturated rings. The van der Waals surface area contributed by atoms with E-state index in [2.05, 4.69) is 5.32 Å². The van der Waals surface area contributed by atoms with Gasteiger partial charge in [-0.3, -0.25) is 4.79 Å². The number of hydrogen-bond donors (Lipinski definition) is 1. The van der Waals surface area contributed by atoms with E-state index in [1.807, 2.05) is 32.0 Å². The van der Waals surface area contributed by atoms with Crippen molar-refractivity contribution in [2.24, 2.45) is 0 Å². The number of hydrogen-bond acceptors (Lipinski definition) is 5. The van der Waals surface area contributed by atoms with E-state index >= 15 is 0 Å². The average molecular weight is 392 g/mol. The third kappa shape index (κ3) is 5.37. The van der Waals surface area contributed by atoms with Crippen LogP contribution in [-0.4, -0.2) is 31.7 Å². The van der Waals surface area contributed by atoms with Gasteiger partial charge in [0.2, 0.25) is 0 Å². The lowest BCUT2D eigenvalue weighted by molar-refractivity contribution is -0.123. The number of ether oxygens (including phenoxy) is 3. The Morgan fingerprint density at radius 3 is 2.59 bits per heavy atom. The van der Waals surface area contributed by atoms with Crippen LogP contribution in [0.25, 0.3) is 0 Å². The highest BCUT2D eigenvalue weighted by Gasteiger charge is 2.22. The maximum absolute atomic E-state index is 12.4. The van der Waals surface area contributed by atoms with Gasteiger partial charge in [-0.1, -0.05) is 23.7 Å². The number of methoxy groups -OCH3 is 1. The molecule has 27 heavy (non-hydrogen) atoms. The number of esters is 1. The van der Waals surface area contributed by atoms with Crippen LogP contribution in [-0.2, 0) is 9.53 Å². The van der Waals surface area contributed by atoms with E-state index in [9.17, 15) is 9.59 Å².